The first-order valence-electron chi connectivity index (χ1n) is 8.39. The summed E-state index contributed by atoms with van der Waals surface area (Å²) in [4.78, 5) is 21.4. The Morgan fingerprint density at radius 2 is 2.14 bits per heavy atom. The molecule has 1 amide bonds. The van der Waals surface area contributed by atoms with Crippen molar-refractivity contribution in [2.75, 3.05) is 37.7 Å². The quantitative estimate of drug-likeness (QED) is 0.860. The Kier molecular flexibility index (Phi) is 4.93. The summed E-state index contributed by atoms with van der Waals surface area (Å²) in [5.41, 5.74) is 1.65. The maximum absolute atomic E-state index is 12.8. The van der Waals surface area contributed by atoms with Gasteiger partial charge in [-0.15, -0.1) is 0 Å². The van der Waals surface area contributed by atoms with Gasteiger partial charge in [-0.1, -0.05) is 6.92 Å². The van der Waals surface area contributed by atoms with Gasteiger partial charge in [0.15, 0.2) is 0 Å². The van der Waals surface area contributed by atoms with Gasteiger partial charge >= 0.3 is 0 Å². The molecule has 0 saturated carbocycles. The Balaban J connectivity index is 1.77. The third-order valence-corrected chi connectivity index (χ3v) is 4.70. The highest BCUT2D eigenvalue weighted by atomic mass is 16.5. The fraction of sp³-hybridized carbons (Fsp3) is 0.647. The smallest absolute Gasteiger partial charge is 0.272 e. The van der Waals surface area contributed by atoms with E-state index in [1.165, 1.54) is 6.42 Å². The number of carbonyl (C=O) groups excluding carboxylic acids is 1. The van der Waals surface area contributed by atoms with Crippen molar-refractivity contribution in [2.24, 2.45) is 0 Å². The van der Waals surface area contributed by atoms with E-state index in [1.54, 1.807) is 6.20 Å². The summed E-state index contributed by atoms with van der Waals surface area (Å²) in [5, 5.41) is 0. The summed E-state index contributed by atoms with van der Waals surface area (Å²) in [6, 6.07) is 4.29. The molecule has 0 radical (unpaired) electrons. The van der Waals surface area contributed by atoms with Crippen LogP contribution in [0.5, 0.6) is 0 Å². The average molecular weight is 303 g/mol. The van der Waals surface area contributed by atoms with Crippen LogP contribution in [-0.4, -0.2) is 54.7 Å². The molecular weight excluding hydrogens is 278 g/mol. The molecule has 1 atom stereocenters. The minimum atomic E-state index is 0.0849. The van der Waals surface area contributed by atoms with E-state index in [0.29, 0.717) is 11.7 Å². The van der Waals surface area contributed by atoms with E-state index < -0.39 is 0 Å². The van der Waals surface area contributed by atoms with Gasteiger partial charge < -0.3 is 14.5 Å². The Bertz CT molecular complexity index is 514. The van der Waals surface area contributed by atoms with Gasteiger partial charge in [-0.05, 0) is 37.8 Å². The van der Waals surface area contributed by atoms with E-state index in [4.69, 9.17) is 4.74 Å². The van der Waals surface area contributed by atoms with Gasteiger partial charge in [-0.25, -0.2) is 0 Å². The van der Waals surface area contributed by atoms with Crippen LogP contribution in [0.3, 0.4) is 0 Å². The third kappa shape index (κ3) is 3.24. The molecule has 5 heteroatoms. The fourth-order valence-corrected chi connectivity index (χ4v) is 3.39. The van der Waals surface area contributed by atoms with Crippen LogP contribution in [0.15, 0.2) is 18.3 Å². The van der Waals surface area contributed by atoms with E-state index in [-0.39, 0.29) is 5.91 Å². The Hall–Kier alpha value is -1.62. The van der Waals surface area contributed by atoms with Gasteiger partial charge in [-0.3, -0.25) is 9.78 Å². The number of hydrogen-bond acceptors (Lipinski definition) is 4. The number of carbonyl (C=O) groups is 1. The minimum Gasteiger partial charge on any atom is -0.378 e. The van der Waals surface area contributed by atoms with Crippen LogP contribution < -0.4 is 4.90 Å². The number of aromatic nitrogens is 1. The van der Waals surface area contributed by atoms with Crippen LogP contribution in [0.1, 0.15) is 43.1 Å². The predicted molar refractivity (Wildman–Crippen MR) is 86.2 cm³/mol. The number of nitrogens with zero attached hydrogens (tertiary/aromatic N) is 3. The molecule has 1 aromatic heterocycles. The lowest BCUT2D eigenvalue weighted by Gasteiger charge is -2.35. The summed E-state index contributed by atoms with van der Waals surface area (Å²) >= 11 is 0. The van der Waals surface area contributed by atoms with Crippen molar-refractivity contribution < 1.29 is 9.53 Å². The third-order valence-electron chi connectivity index (χ3n) is 4.70. The molecule has 1 aromatic rings. The number of ether oxygens (including phenoxy) is 1. The molecule has 0 N–H and O–H groups in total. The van der Waals surface area contributed by atoms with Crippen LogP contribution in [0, 0.1) is 0 Å². The number of morpholine rings is 1. The number of piperidine rings is 1. The Morgan fingerprint density at radius 1 is 1.32 bits per heavy atom. The second-order valence-electron chi connectivity index (χ2n) is 6.06. The van der Waals surface area contributed by atoms with Crippen molar-refractivity contribution in [3.05, 3.63) is 24.0 Å². The summed E-state index contributed by atoms with van der Waals surface area (Å²) in [6.45, 7) is 6.26. The zero-order valence-electron chi connectivity index (χ0n) is 13.3. The molecule has 22 heavy (non-hydrogen) atoms. The first kappa shape index (κ1) is 15.3. The number of likely N-dealkylation sites (tertiary alicyclic amines) is 1. The van der Waals surface area contributed by atoms with Crippen LogP contribution in [0.2, 0.25) is 0 Å². The second kappa shape index (κ2) is 7.09. The SMILES string of the molecule is CCC1CCCCN1C(=O)c1cc(N2CCOCC2)ccn1. The van der Waals surface area contributed by atoms with Gasteiger partial charge in [-0.2, -0.15) is 0 Å². The molecule has 0 bridgehead atoms. The topological polar surface area (TPSA) is 45.7 Å². The van der Waals surface area contributed by atoms with E-state index >= 15 is 0 Å². The van der Waals surface area contributed by atoms with Crippen molar-refractivity contribution in [1.82, 2.24) is 9.88 Å². The molecule has 2 fully saturated rings. The van der Waals surface area contributed by atoms with Crippen LogP contribution in [-0.2, 0) is 4.74 Å². The van der Waals surface area contributed by atoms with Gasteiger partial charge in [0.25, 0.3) is 5.91 Å². The van der Waals surface area contributed by atoms with Crippen molar-refractivity contribution in [3.63, 3.8) is 0 Å². The normalized spacial score (nSPS) is 22.7. The van der Waals surface area contributed by atoms with E-state index in [9.17, 15) is 4.79 Å². The lowest BCUT2D eigenvalue weighted by molar-refractivity contribution is 0.0602. The van der Waals surface area contributed by atoms with E-state index in [1.807, 2.05) is 17.0 Å². The minimum absolute atomic E-state index is 0.0849. The lowest BCUT2D eigenvalue weighted by Crippen LogP contribution is -2.43. The highest BCUT2D eigenvalue weighted by Crippen LogP contribution is 2.23. The van der Waals surface area contributed by atoms with E-state index in [2.05, 4.69) is 16.8 Å². The highest BCUT2D eigenvalue weighted by Gasteiger charge is 2.27. The highest BCUT2D eigenvalue weighted by molar-refractivity contribution is 5.93. The zero-order valence-corrected chi connectivity index (χ0v) is 13.3. The van der Waals surface area contributed by atoms with Gasteiger partial charge in [0, 0.05) is 37.6 Å². The molecule has 5 nitrogen and oxygen atoms in total. The van der Waals surface area contributed by atoms with Gasteiger partial charge in [0.05, 0.1) is 13.2 Å². The standard InChI is InChI=1S/C17H25N3O2/c1-2-14-5-3-4-8-20(14)17(21)16-13-15(6-7-18-16)19-9-11-22-12-10-19/h6-7,13-14H,2-5,8-12H2,1H3. The number of anilines is 1. The maximum Gasteiger partial charge on any atom is 0.272 e. The molecule has 0 spiro atoms. The number of pyridine rings is 1. The van der Waals surface area contributed by atoms with Crippen molar-refractivity contribution >= 4 is 11.6 Å². The Labute approximate surface area is 132 Å². The molecule has 3 rings (SSSR count). The summed E-state index contributed by atoms with van der Waals surface area (Å²) in [7, 11) is 0. The van der Waals surface area contributed by atoms with E-state index in [0.717, 1.165) is 57.8 Å². The first-order valence-corrected chi connectivity index (χ1v) is 8.39. The summed E-state index contributed by atoms with van der Waals surface area (Å²) < 4.78 is 5.39. The average Bonchev–Trinajstić information content (AvgIpc) is 2.62. The summed E-state index contributed by atoms with van der Waals surface area (Å²) in [5.74, 6) is 0.0849. The lowest BCUT2D eigenvalue weighted by atomic mass is 9.99. The Morgan fingerprint density at radius 3 is 2.91 bits per heavy atom. The largest absolute Gasteiger partial charge is 0.378 e. The first-order chi connectivity index (χ1) is 10.8. The predicted octanol–water partition coefficient (Wildman–Crippen LogP) is 2.32. The molecule has 0 aliphatic carbocycles. The molecule has 0 aromatic carbocycles. The van der Waals surface area contributed by atoms with Gasteiger partial charge in [0.2, 0.25) is 0 Å². The molecule has 3 heterocycles. The summed E-state index contributed by atoms with van der Waals surface area (Å²) in [6.07, 6.45) is 6.22. The molecule has 120 valence electrons. The van der Waals surface area contributed by atoms with Crippen molar-refractivity contribution in [3.8, 4) is 0 Å². The molecule has 2 aliphatic rings. The van der Waals surface area contributed by atoms with Crippen LogP contribution in [0.25, 0.3) is 0 Å². The fourth-order valence-electron chi connectivity index (χ4n) is 3.39. The number of amides is 1. The monoisotopic (exact) mass is 303 g/mol. The van der Waals surface area contributed by atoms with Crippen LogP contribution in [0.4, 0.5) is 5.69 Å². The molecular formula is C17H25N3O2. The molecule has 1 unspecified atom stereocenters. The zero-order chi connectivity index (χ0) is 15.4. The van der Waals surface area contributed by atoms with Crippen LogP contribution >= 0.6 is 0 Å². The number of hydrogen-bond donors (Lipinski definition) is 0. The van der Waals surface area contributed by atoms with Gasteiger partial charge in [0.1, 0.15) is 5.69 Å². The molecule has 2 aliphatic heterocycles. The van der Waals surface area contributed by atoms with Crippen molar-refractivity contribution in [1.29, 1.82) is 0 Å². The maximum atomic E-state index is 12.8. The number of rotatable bonds is 3. The molecule has 2 saturated heterocycles. The second-order valence-corrected chi connectivity index (χ2v) is 6.06. The van der Waals surface area contributed by atoms with Crippen molar-refractivity contribution in [2.45, 2.75) is 38.6 Å².